The molecule has 0 saturated carbocycles. The van der Waals surface area contributed by atoms with Gasteiger partial charge in [0.2, 0.25) is 0 Å². The average Bonchev–Trinajstić information content (AvgIpc) is 2.88. The maximum absolute atomic E-state index is 13.8. The van der Waals surface area contributed by atoms with Crippen LogP contribution in [0.1, 0.15) is 31.4 Å². The maximum Gasteiger partial charge on any atom is 0.164 e. The molecule has 0 fully saturated rings. The molecule has 98 valence electrons. The monoisotopic (exact) mass is 253 g/mol. The Morgan fingerprint density at radius 1 is 1.39 bits per heavy atom. The van der Waals surface area contributed by atoms with Crippen LogP contribution >= 0.6 is 0 Å². The van der Waals surface area contributed by atoms with Crippen molar-refractivity contribution in [2.75, 3.05) is 13.2 Å². The van der Waals surface area contributed by atoms with E-state index in [9.17, 15) is 8.78 Å². The highest BCUT2D eigenvalue weighted by atomic mass is 19.2. The standard InChI is InChI=1S/C14H17F2NO/c1-2-8-17-14(12-7-4-9-18-12)10-5-3-6-11(15)13(10)16/h3,5-7,14,17H,2,4,8-9H2,1H3. The van der Waals surface area contributed by atoms with Gasteiger partial charge in [0.15, 0.2) is 11.6 Å². The lowest BCUT2D eigenvalue weighted by molar-refractivity contribution is 0.213. The van der Waals surface area contributed by atoms with Gasteiger partial charge < -0.3 is 10.1 Å². The lowest BCUT2D eigenvalue weighted by Crippen LogP contribution is -2.25. The second-order valence-electron chi connectivity index (χ2n) is 4.27. The first-order chi connectivity index (χ1) is 8.74. The molecule has 1 N–H and O–H groups in total. The first-order valence-corrected chi connectivity index (χ1v) is 6.24. The van der Waals surface area contributed by atoms with E-state index in [0.29, 0.717) is 17.9 Å². The van der Waals surface area contributed by atoms with Crippen LogP contribution in [0.2, 0.25) is 0 Å². The van der Waals surface area contributed by atoms with Gasteiger partial charge in [0.05, 0.1) is 12.6 Å². The molecular formula is C14H17F2NO. The molecule has 1 aliphatic rings. The van der Waals surface area contributed by atoms with E-state index in [1.165, 1.54) is 6.07 Å². The summed E-state index contributed by atoms with van der Waals surface area (Å²) >= 11 is 0. The molecule has 1 aromatic rings. The summed E-state index contributed by atoms with van der Waals surface area (Å²) in [6.45, 7) is 3.35. The van der Waals surface area contributed by atoms with Crippen molar-refractivity contribution in [2.45, 2.75) is 25.8 Å². The van der Waals surface area contributed by atoms with Gasteiger partial charge in [0.1, 0.15) is 5.76 Å². The van der Waals surface area contributed by atoms with Crippen LogP contribution in [-0.4, -0.2) is 13.2 Å². The van der Waals surface area contributed by atoms with Gasteiger partial charge in [-0.15, -0.1) is 0 Å². The Kier molecular flexibility index (Phi) is 4.31. The van der Waals surface area contributed by atoms with Crippen LogP contribution in [0.3, 0.4) is 0 Å². The van der Waals surface area contributed by atoms with Crippen LogP contribution in [0.25, 0.3) is 0 Å². The van der Waals surface area contributed by atoms with E-state index in [0.717, 1.165) is 25.5 Å². The second kappa shape index (κ2) is 5.96. The van der Waals surface area contributed by atoms with E-state index in [1.807, 2.05) is 13.0 Å². The van der Waals surface area contributed by atoms with Gasteiger partial charge in [-0.3, -0.25) is 0 Å². The van der Waals surface area contributed by atoms with Crippen molar-refractivity contribution in [3.8, 4) is 0 Å². The molecule has 0 aliphatic carbocycles. The zero-order valence-electron chi connectivity index (χ0n) is 10.4. The van der Waals surface area contributed by atoms with Crippen molar-refractivity contribution in [1.29, 1.82) is 0 Å². The van der Waals surface area contributed by atoms with E-state index in [1.54, 1.807) is 6.07 Å². The Bertz CT molecular complexity index is 445. The molecule has 0 radical (unpaired) electrons. The van der Waals surface area contributed by atoms with Gasteiger partial charge in [0.25, 0.3) is 0 Å². The van der Waals surface area contributed by atoms with Gasteiger partial charge in [0, 0.05) is 12.0 Å². The van der Waals surface area contributed by atoms with Crippen LogP contribution in [-0.2, 0) is 4.74 Å². The van der Waals surface area contributed by atoms with Crippen LogP contribution in [0.5, 0.6) is 0 Å². The first-order valence-electron chi connectivity index (χ1n) is 6.24. The minimum Gasteiger partial charge on any atom is -0.496 e. The van der Waals surface area contributed by atoms with Crippen LogP contribution in [0.4, 0.5) is 8.78 Å². The fourth-order valence-corrected chi connectivity index (χ4v) is 2.03. The van der Waals surface area contributed by atoms with E-state index in [-0.39, 0.29) is 0 Å². The summed E-state index contributed by atoms with van der Waals surface area (Å²) in [6, 6.07) is 3.83. The quantitative estimate of drug-likeness (QED) is 0.869. The van der Waals surface area contributed by atoms with E-state index >= 15 is 0 Å². The van der Waals surface area contributed by atoms with Gasteiger partial charge in [-0.25, -0.2) is 8.78 Å². The van der Waals surface area contributed by atoms with Crippen LogP contribution in [0.15, 0.2) is 30.0 Å². The highest BCUT2D eigenvalue weighted by Crippen LogP contribution is 2.29. The van der Waals surface area contributed by atoms with E-state index in [2.05, 4.69) is 5.32 Å². The van der Waals surface area contributed by atoms with Gasteiger partial charge in [-0.1, -0.05) is 19.1 Å². The Balaban J connectivity index is 2.30. The first kappa shape index (κ1) is 13.0. The summed E-state index contributed by atoms with van der Waals surface area (Å²) in [4.78, 5) is 0. The van der Waals surface area contributed by atoms with Crippen molar-refractivity contribution < 1.29 is 13.5 Å². The molecule has 2 rings (SSSR count). The molecule has 2 nitrogen and oxygen atoms in total. The molecule has 1 heterocycles. The van der Waals surface area contributed by atoms with Gasteiger partial charge >= 0.3 is 0 Å². The lowest BCUT2D eigenvalue weighted by atomic mass is 10.0. The van der Waals surface area contributed by atoms with Crippen molar-refractivity contribution in [2.24, 2.45) is 0 Å². The molecule has 1 atom stereocenters. The molecule has 1 aromatic carbocycles. The molecule has 18 heavy (non-hydrogen) atoms. The van der Waals surface area contributed by atoms with Crippen molar-refractivity contribution in [3.63, 3.8) is 0 Å². The third kappa shape index (κ3) is 2.70. The Morgan fingerprint density at radius 2 is 2.22 bits per heavy atom. The van der Waals surface area contributed by atoms with Crippen molar-refractivity contribution in [3.05, 3.63) is 47.2 Å². The molecule has 0 spiro atoms. The molecule has 1 aliphatic heterocycles. The minimum atomic E-state index is -0.825. The largest absolute Gasteiger partial charge is 0.496 e. The summed E-state index contributed by atoms with van der Waals surface area (Å²) < 4.78 is 32.6. The number of hydrogen-bond donors (Lipinski definition) is 1. The second-order valence-corrected chi connectivity index (χ2v) is 4.27. The Hall–Kier alpha value is -1.42. The molecule has 4 heteroatoms. The van der Waals surface area contributed by atoms with Crippen molar-refractivity contribution >= 4 is 0 Å². The fourth-order valence-electron chi connectivity index (χ4n) is 2.03. The molecule has 1 unspecified atom stereocenters. The SMILES string of the molecule is CCCNC(C1=CCCO1)c1cccc(F)c1F. The van der Waals surface area contributed by atoms with E-state index < -0.39 is 17.7 Å². The summed E-state index contributed by atoms with van der Waals surface area (Å²) in [5.41, 5.74) is 0.302. The van der Waals surface area contributed by atoms with E-state index in [4.69, 9.17) is 4.74 Å². The summed E-state index contributed by atoms with van der Waals surface area (Å²) in [5, 5.41) is 3.20. The summed E-state index contributed by atoms with van der Waals surface area (Å²) in [6.07, 6.45) is 3.66. The van der Waals surface area contributed by atoms with Gasteiger partial charge in [-0.05, 0) is 25.1 Å². The smallest absolute Gasteiger partial charge is 0.164 e. The molecule has 0 amide bonds. The number of ether oxygens (including phenoxy) is 1. The highest BCUT2D eigenvalue weighted by molar-refractivity contribution is 5.29. The third-order valence-corrected chi connectivity index (χ3v) is 2.91. The summed E-state index contributed by atoms with van der Waals surface area (Å²) in [5.74, 6) is -0.940. The topological polar surface area (TPSA) is 21.3 Å². The number of nitrogens with one attached hydrogen (secondary N) is 1. The molecular weight excluding hydrogens is 236 g/mol. The van der Waals surface area contributed by atoms with Crippen molar-refractivity contribution in [1.82, 2.24) is 5.32 Å². The lowest BCUT2D eigenvalue weighted by Gasteiger charge is -2.20. The predicted molar refractivity (Wildman–Crippen MR) is 66.0 cm³/mol. The third-order valence-electron chi connectivity index (χ3n) is 2.91. The molecule has 0 saturated heterocycles. The number of benzene rings is 1. The fraction of sp³-hybridized carbons (Fsp3) is 0.429. The Labute approximate surface area is 106 Å². The van der Waals surface area contributed by atoms with Gasteiger partial charge in [-0.2, -0.15) is 0 Å². The summed E-state index contributed by atoms with van der Waals surface area (Å²) in [7, 11) is 0. The normalized spacial score (nSPS) is 16.3. The number of hydrogen-bond acceptors (Lipinski definition) is 2. The highest BCUT2D eigenvalue weighted by Gasteiger charge is 2.24. The van der Waals surface area contributed by atoms with Crippen LogP contribution in [0, 0.1) is 11.6 Å². The van der Waals surface area contributed by atoms with Crippen LogP contribution < -0.4 is 5.32 Å². The maximum atomic E-state index is 13.8. The predicted octanol–water partition coefficient (Wildman–Crippen LogP) is 3.31. The Morgan fingerprint density at radius 3 is 2.89 bits per heavy atom. The number of rotatable bonds is 5. The molecule has 0 aromatic heterocycles. The average molecular weight is 253 g/mol. The zero-order valence-corrected chi connectivity index (χ0v) is 10.4. The zero-order chi connectivity index (χ0) is 13.0. The minimum absolute atomic E-state index is 0.302. The number of halogens is 2. The molecule has 0 bridgehead atoms.